The van der Waals surface area contributed by atoms with Gasteiger partial charge in [0, 0.05) is 12.1 Å². The Morgan fingerprint density at radius 1 is 1.15 bits per heavy atom. The third-order valence-electron chi connectivity index (χ3n) is 2.92. The van der Waals surface area contributed by atoms with Crippen LogP contribution in [-0.2, 0) is 0 Å². The first-order valence-electron chi connectivity index (χ1n) is 6.82. The zero-order chi connectivity index (χ0) is 14.4. The van der Waals surface area contributed by atoms with E-state index in [9.17, 15) is 0 Å². The molecule has 0 aliphatic heterocycles. The number of rotatable bonds is 6. The Balaban J connectivity index is 1.93. The third-order valence-corrected chi connectivity index (χ3v) is 2.92. The van der Waals surface area contributed by atoms with Crippen LogP contribution in [0.1, 0.15) is 12.0 Å². The van der Waals surface area contributed by atoms with Gasteiger partial charge in [-0.05, 0) is 33.5 Å². The molecule has 2 rings (SSSR count). The fourth-order valence-electron chi connectivity index (χ4n) is 1.89. The van der Waals surface area contributed by atoms with Crippen LogP contribution in [0.4, 0.5) is 0 Å². The highest BCUT2D eigenvalue weighted by molar-refractivity contribution is 5.55. The lowest BCUT2D eigenvalue weighted by Gasteiger charge is -2.10. The smallest absolute Gasteiger partial charge is 0.159 e. The van der Waals surface area contributed by atoms with E-state index in [0.29, 0.717) is 6.61 Å². The summed E-state index contributed by atoms with van der Waals surface area (Å²) in [6.45, 7) is 3.76. The Kier molecular flexibility index (Phi) is 5.07. The van der Waals surface area contributed by atoms with Gasteiger partial charge < -0.3 is 9.64 Å². The van der Waals surface area contributed by atoms with Crippen LogP contribution in [0.15, 0.2) is 36.7 Å². The monoisotopic (exact) mass is 271 g/mol. The highest BCUT2D eigenvalue weighted by atomic mass is 16.5. The lowest BCUT2D eigenvalue weighted by molar-refractivity contribution is 0.280. The van der Waals surface area contributed by atoms with Crippen LogP contribution in [0.5, 0.6) is 5.75 Å². The van der Waals surface area contributed by atoms with E-state index in [0.717, 1.165) is 30.1 Å². The Hall–Kier alpha value is -1.94. The maximum Gasteiger partial charge on any atom is 0.159 e. The average molecular weight is 271 g/mol. The van der Waals surface area contributed by atoms with E-state index in [1.165, 1.54) is 5.56 Å². The van der Waals surface area contributed by atoms with E-state index in [1.807, 2.05) is 12.1 Å². The van der Waals surface area contributed by atoms with Crippen molar-refractivity contribution in [3.05, 3.63) is 42.2 Å². The molecule has 20 heavy (non-hydrogen) atoms. The number of hydrogen-bond donors (Lipinski definition) is 0. The molecule has 4 nitrogen and oxygen atoms in total. The largest absolute Gasteiger partial charge is 0.490 e. The molecule has 1 aromatic carbocycles. The van der Waals surface area contributed by atoms with E-state index in [2.05, 4.69) is 48.0 Å². The van der Waals surface area contributed by atoms with Crippen molar-refractivity contribution in [1.82, 2.24) is 14.9 Å². The molecule has 0 amide bonds. The zero-order valence-corrected chi connectivity index (χ0v) is 12.3. The van der Waals surface area contributed by atoms with Crippen molar-refractivity contribution >= 4 is 0 Å². The van der Waals surface area contributed by atoms with Gasteiger partial charge in [-0.25, -0.2) is 9.97 Å². The minimum absolute atomic E-state index is 0.686. The number of benzene rings is 1. The van der Waals surface area contributed by atoms with Crippen molar-refractivity contribution < 1.29 is 4.74 Å². The van der Waals surface area contributed by atoms with E-state index < -0.39 is 0 Å². The predicted molar refractivity (Wildman–Crippen MR) is 80.9 cm³/mol. The molecule has 0 unspecified atom stereocenters. The topological polar surface area (TPSA) is 38.2 Å². The number of aromatic nitrogens is 2. The minimum Gasteiger partial charge on any atom is -0.490 e. The summed E-state index contributed by atoms with van der Waals surface area (Å²) < 4.78 is 5.62. The average Bonchev–Trinajstić information content (AvgIpc) is 2.44. The van der Waals surface area contributed by atoms with E-state index in [4.69, 9.17) is 4.74 Å². The second-order valence-electron chi connectivity index (χ2n) is 5.12. The Morgan fingerprint density at radius 3 is 2.55 bits per heavy atom. The third kappa shape index (κ3) is 4.31. The van der Waals surface area contributed by atoms with Crippen LogP contribution in [0.2, 0.25) is 0 Å². The van der Waals surface area contributed by atoms with Gasteiger partial charge in [0.05, 0.1) is 19.0 Å². The number of aryl methyl sites for hydroxylation is 1. The molecule has 0 aliphatic carbocycles. The summed E-state index contributed by atoms with van der Waals surface area (Å²) in [5, 5.41) is 0. The van der Waals surface area contributed by atoms with Crippen molar-refractivity contribution in [2.45, 2.75) is 13.3 Å². The first-order chi connectivity index (χ1) is 9.65. The molecular formula is C16H21N3O. The van der Waals surface area contributed by atoms with Crippen LogP contribution >= 0.6 is 0 Å². The molecule has 0 N–H and O–H groups in total. The number of hydrogen-bond acceptors (Lipinski definition) is 4. The molecule has 0 saturated carbocycles. The van der Waals surface area contributed by atoms with Crippen LogP contribution in [0.3, 0.4) is 0 Å². The summed E-state index contributed by atoms with van der Waals surface area (Å²) in [4.78, 5) is 10.9. The second kappa shape index (κ2) is 7.01. The normalized spacial score (nSPS) is 10.8. The van der Waals surface area contributed by atoms with Gasteiger partial charge in [-0.15, -0.1) is 0 Å². The maximum absolute atomic E-state index is 5.62. The molecule has 2 aromatic rings. The molecule has 106 valence electrons. The van der Waals surface area contributed by atoms with Gasteiger partial charge in [-0.3, -0.25) is 0 Å². The van der Waals surface area contributed by atoms with E-state index >= 15 is 0 Å². The summed E-state index contributed by atoms with van der Waals surface area (Å²) in [5.74, 6) is 1.45. The fraction of sp³-hybridized carbons (Fsp3) is 0.375. The van der Waals surface area contributed by atoms with Gasteiger partial charge in [-0.1, -0.05) is 23.8 Å². The first kappa shape index (κ1) is 14.5. The van der Waals surface area contributed by atoms with E-state index in [-0.39, 0.29) is 0 Å². The van der Waals surface area contributed by atoms with Crippen molar-refractivity contribution in [3.8, 4) is 17.1 Å². The van der Waals surface area contributed by atoms with Crippen molar-refractivity contribution in [2.75, 3.05) is 27.2 Å². The van der Waals surface area contributed by atoms with Gasteiger partial charge in [0.2, 0.25) is 0 Å². The molecule has 0 atom stereocenters. The van der Waals surface area contributed by atoms with Crippen LogP contribution in [0.25, 0.3) is 11.4 Å². The number of nitrogens with zero attached hydrogens (tertiary/aromatic N) is 3. The minimum atomic E-state index is 0.686. The van der Waals surface area contributed by atoms with Crippen LogP contribution in [0, 0.1) is 6.92 Å². The highest BCUT2D eigenvalue weighted by Crippen LogP contribution is 2.17. The van der Waals surface area contributed by atoms with Crippen molar-refractivity contribution in [3.63, 3.8) is 0 Å². The standard InChI is InChI=1S/C16H21N3O/c1-13-6-4-7-14(10-13)16-17-11-15(12-18-16)20-9-5-8-19(2)3/h4,6-7,10-12H,5,8-9H2,1-3H3. The molecule has 4 heteroatoms. The quantitative estimate of drug-likeness (QED) is 0.757. The van der Waals surface area contributed by atoms with Crippen molar-refractivity contribution in [1.29, 1.82) is 0 Å². The molecule has 0 fully saturated rings. The summed E-state index contributed by atoms with van der Waals surface area (Å²) in [5.41, 5.74) is 2.24. The van der Waals surface area contributed by atoms with E-state index in [1.54, 1.807) is 12.4 Å². The molecule has 0 spiro atoms. The lowest BCUT2D eigenvalue weighted by Crippen LogP contribution is -2.15. The molecule has 1 aromatic heterocycles. The van der Waals surface area contributed by atoms with Gasteiger partial charge >= 0.3 is 0 Å². The lowest BCUT2D eigenvalue weighted by atomic mass is 10.1. The predicted octanol–water partition coefficient (Wildman–Crippen LogP) is 2.78. The van der Waals surface area contributed by atoms with Gasteiger partial charge in [0.1, 0.15) is 0 Å². The highest BCUT2D eigenvalue weighted by Gasteiger charge is 2.02. The number of ether oxygens (including phenoxy) is 1. The summed E-state index contributed by atoms with van der Waals surface area (Å²) in [6.07, 6.45) is 4.47. The summed E-state index contributed by atoms with van der Waals surface area (Å²) in [7, 11) is 4.11. The molecule has 0 radical (unpaired) electrons. The maximum atomic E-state index is 5.62. The molecule has 0 aliphatic rings. The fourth-order valence-corrected chi connectivity index (χ4v) is 1.89. The first-order valence-corrected chi connectivity index (χ1v) is 6.82. The summed E-state index contributed by atoms with van der Waals surface area (Å²) >= 11 is 0. The molecular weight excluding hydrogens is 250 g/mol. The van der Waals surface area contributed by atoms with Gasteiger partial charge in [-0.2, -0.15) is 0 Å². The SMILES string of the molecule is Cc1cccc(-c2ncc(OCCCN(C)C)cn2)c1. The Labute approximate surface area is 120 Å². The van der Waals surface area contributed by atoms with Gasteiger partial charge in [0.25, 0.3) is 0 Å². The molecule has 0 saturated heterocycles. The van der Waals surface area contributed by atoms with Crippen LogP contribution in [-0.4, -0.2) is 42.1 Å². The summed E-state index contributed by atoms with van der Waals surface area (Å²) in [6, 6.07) is 8.16. The Morgan fingerprint density at radius 2 is 1.90 bits per heavy atom. The zero-order valence-electron chi connectivity index (χ0n) is 12.3. The molecule has 0 bridgehead atoms. The second-order valence-corrected chi connectivity index (χ2v) is 5.12. The molecule has 1 heterocycles. The van der Waals surface area contributed by atoms with Gasteiger partial charge in [0.15, 0.2) is 11.6 Å². The Bertz CT molecular complexity index is 538. The van der Waals surface area contributed by atoms with Crippen molar-refractivity contribution in [2.24, 2.45) is 0 Å². The van der Waals surface area contributed by atoms with Crippen LogP contribution < -0.4 is 4.74 Å².